The lowest BCUT2D eigenvalue weighted by atomic mass is 9.71. The summed E-state index contributed by atoms with van der Waals surface area (Å²) in [5, 5.41) is 3.78. The fraction of sp³-hybridized carbons (Fsp3) is 0.500. The highest BCUT2D eigenvalue weighted by molar-refractivity contribution is 5.88. The van der Waals surface area contributed by atoms with Crippen molar-refractivity contribution in [3.05, 3.63) is 47.9 Å². The number of anilines is 1. The number of H-pyrrole nitrogens is 1. The molecule has 4 unspecified atom stereocenters. The summed E-state index contributed by atoms with van der Waals surface area (Å²) in [6, 6.07) is 8.60. The van der Waals surface area contributed by atoms with E-state index in [4.69, 9.17) is 9.47 Å². The molecule has 3 aliphatic heterocycles. The number of rotatable bonds is 3. The van der Waals surface area contributed by atoms with E-state index in [-0.39, 0.29) is 28.6 Å². The molecular weight excluding hydrogens is 447 g/mol. The maximum atomic E-state index is 13.3. The van der Waals surface area contributed by atoms with Crippen molar-refractivity contribution in [2.45, 2.75) is 32.1 Å². The molecule has 0 saturated carbocycles. The lowest BCUT2D eigenvalue weighted by molar-refractivity contribution is -0.140. The van der Waals surface area contributed by atoms with Gasteiger partial charge in [-0.15, -0.1) is 0 Å². The molecule has 10 heteroatoms. The normalized spacial score (nSPS) is 31.3. The number of aromatic amines is 1. The number of hydrogen-bond acceptors (Lipinski definition) is 6. The average Bonchev–Trinajstić information content (AvgIpc) is 3.42. The van der Waals surface area contributed by atoms with Crippen molar-refractivity contribution in [1.29, 1.82) is 0 Å². The smallest absolute Gasteiger partial charge is 0.431 e. The van der Waals surface area contributed by atoms with E-state index >= 15 is 0 Å². The molecule has 3 aromatic rings. The van der Waals surface area contributed by atoms with Gasteiger partial charge in [0.25, 0.3) is 0 Å². The van der Waals surface area contributed by atoms with Crippen LogP contribution >= 0.6 is 0 Å². The predicted octanol–water partition coefficient (Wildman–Crippen LogP) is 4.25. The Morgan fingerprint density at radius 1 is 1.12 bits per heavy atom. The molecule has 0 bridgehead atoms. The summed E-state index contributed by atoms with van der Waals surface area (Å²) in [4.78, 5) is 13.1. The van der Waals surface area contributed by atoms with Crippen molar-refractivity contribution < 1.29 is 22.6 Å². The zero-order valence-corrected chi connectivity index (χ0v) is 18.9. The topological polar surface area (TPSA) is 75.3 Å². The molecule has 1 aromatic carbocycles. The molecule has 0 amide bonds. The van der Waals surface area contributed by atoms with Gasteiger partial charge in [0.15, 0.2) is 0 Å². The van der Waals surface area contributed by atoms with Gasteiger partial charge in [-0.25, -0.2) is 9.97 Å². The quantitative estimate of drug-likeness (QED) is 0.593. The Kier molecular flexibility index (Phi) is 4.67. The number of para-hydroxylation sites is 1. The number of halogens is 3. The number of ether oxygens (including phenoxy) is 2. The third-order valence-corrected chi connectivity index (χ3v) is 7.94. The molecule has 34 heavy (non-hydrogen) atoms. The Morgan fingerprint density at radius 2 is 1.85 bits per heavy atom. The summed E-state index contributed by atoms with van der Waals surface area (Å²) in [6.45, 7) is 8.17. The Morgan fingerprint density at radius 3 is 2.59 bits per heavy atom. The SMILES string of the molecule is CC12COCC1(C)CN(C1COc3ccccc3C1Nc1ncnc3[nH]c(C(F)(F)F)cc13)C2. The molecule has 2 N–H and O–H groups in total. The van der Waals surface area contributed by atoms with Crippen molar-refractivity contribution in [2.24, 2.45) is 10.8 Å². The molecule has 6 rings (SSSR count). The van der Waals surface area contributed by atoms with Gasteiger partial charge in [0.05, 0.1) is 30.7 Å². The Balaban J connectivity index is 1.39. The van der Waals surface area contributed by atoms with E-state index in [1.54, 1.807) is 0 Å². The first-order chi connectivity index (χ1) is 16.2. The van der Waals surface area contributed by atoms with Crippen LogP contribution in [0.25, 0.3) is 11.0 Å². The van der Waals surface area contributed by atoms with Crippen LogP contribution in [0.5, 0.6) is 5.75 Å². The number of benzene rings is 1. The van der Waals surface area contributed by atoms with Gasteiger partial charge in [0.1, 0.15) is 35.8 Å². The summed E-state index contributed by atoms with van der Waals surface area (Å²) in [7, 11) is 0. The van der Waals surface area contributed by atoms with Crippen LogP contribution in [0, 0.1) is 10.8 Å². The zero-order valence-electron chi connectivity index (χ0n) is 18.9. The highest BCUT2D eigenvalue weighted by atomic mass is 19.4. The molecule has 0 radical (unpaired) electrons. The van der Waals surface area contributed by atoms with E-state index in [2.05, 4.69) is 39.0 Å². The molecule has 4 atom stereocenters. The van der Waals surface area contributed by atoms with Gasteiger partial charge in [0, 0.05) is 29.5 Å². The van der Waals surface area contributed by atoms with E-state index in [0.29, 0.717) is 17.8 Å². The largest absolute Gasteiger partial charge is 0.491 e. The molecule has 3 aliphatic rings. The van der Waals surface area contributed by atoms with Crippen molar-refractivity contribution >= 4 is 16.9 Å². The van der Waals surface area contributed by atoms with E-state index < -0.39 is 11.9 Å². The van der Waals surface area contributed by atoms with Crippen molar-refractivity contribution in [3.8, 4) is 5.75 Å². The number of nitrogens with zero attached hydrogens (tertiary/aromatic N) is 3. The molecule has 5 heterocycles. The highest BCUT2D eigenvalue weighted by Crippen LogP contribution is 2.52. The second-order valence-corrected chi connectivity index (χ2v) is 10.2. The van der Waals surface area contributed by atoms with Gasteiger partial charge in [-0.2, -0.15) is 13.2 Å². The molecule has 2 saturated heterocycles. The Labute approximate surface area is 194 Å². The summed E-state index contributed by atoms with van der Waals surface area (Å²) >= 11 is 0. The van der Waals surface area contributed by atoms with Crippen LogP contribution in [-0.4, -0.2) is 58.8 Å². The number of fused-ring (bicyclic) bond motifs is 3. The molecule has 0 spiro atoms. The molecule has 0 aliphatic carbocycles. The predicted molar refractivity (Wildman–Crippen MR) is 120 cm³/mol. The van der Waals surface area contributed by atoms with E-state index in [0.717, 1.165) is 43.7 Å². The summed E-state index contributed by atoms with van der Waals surface area (Å²) in [6.07, 6.45) is -3.21. The fourth-order valence-electron chi connectivity index (χ4n) is 5.70. The van der Waals surface area contributed by atoms with Crippen molar-refractivity contribution in [1.82, 2.24) is 19.9 Å². The maximum absolute atomic E-state index is 13.3. The number of likely N-dealkylation sites (tertiary alicyclic amines) is 1. The van der Waals surface area contributed by atoms with Crippen molar-refractivity contribution in [3.63, 3.8) is 0 Å². The average molecular weight is 473 g/mol. The van der Waals surface area contributed by atoms with Crippen LogP contribution < -0.4 is 10.1 Å². The minimum atomic E-state index is -4.49. The number of aromatic nitrogens is 3. The minimum absolute atomic E-state index is 0.0276. The first-order valence-electron chi connectivity index (χ1n) is 11.4. The molecule has 2 aromatic heterocycles. The molecule has 2 fully saturated rings. The highest BCUT2D eigenvalue weighted by Gasteiger charge is 2.58. The lowest BCUT2D eigenvalue weighted by Crippen LogP contribution is -2.48. The van der Waals surface area contributed by atoms with Crippen LogP contribution in [0.2, 0.25) is 0 Å². The van der Waals surface area contributed by atoms with E-state index in [9.17, 15) is 13.2 Å². The summed E-state index contributed by atoms with van der Waals surface area (Å²) < 4.78 is 52.0. The first kappa shape index (κ1) is 21.7. The first-order valence-corrected chi connectivity index (χ1v) is 11.4. The Hall–Kier alpha value is -2.85. The zero-order chi connectivity index (χ0) is 23.7. The Bertz CT molecular complexity index is 1230. The molecular formula is C24H26F3N5O2. The van der Waals surface area contributed by atoms with Crippen LogP contribution in [0.4, 0.5) is 19.0 Å². The second-order valence-electron chi connectivity index (χ2n) is 10.2. The third kappa shape index (κ3) is 3.26. The van der Waals surface area contributed by atoms with E-state index in [1.165, 1.54) is 6.33 Å². The molecule has 7 nitrogen and oxygen atoms in total. The minimum Gasteiger partial charge on any atom is -0.491 e. The molecule has 180 valence electrons. The van der Waals surface area contributed by atoms with Crippen LogP contribution in [-0.2, 0) is 10.9 Å². The fourth-order valence-corrected chi connectivity index (χ4v) is 5.70. The van der Waals surface area contributed by atoms with Crippen LogP contribution in [0.1, 0.15) is 31.1 Å². The number of alkyl halides is 3. The van der Waals surface area contributed by atoms with Gasteiger partial charge in [-0.3, -0.25) is 4.90 Å². The monoisotopic (exact) mass is 473 g/mol. The maximum Gasteiger partial charge on any atom is 0.431 e. The summed E-state index contributed by atoms with van der Waals surface area (Å²) in [5.41, 5.74) is 0.344. The van der Waals surface area contributed by atoms with Crippen molar-refractivity contribution in [2.75, 3.05) is 38.2 Å². The number of hydrogen-bond donors (Lipinski definition) is 2. The van der Waals surface area contributed by atoms with Crippen LogP contribution in [0.3, 0.4) is 0 Å². The van der Waals surface area contributed by atoms with Gasteiger partial charge in [-0.1, -0.05) is 32.0 Å². The second kappa shape index (κ2) is 7.32. The van der Waals surface area contributed by atoms with Gasteiger partial charge >= 0.3 is 6.18 Å². The number of nitrogens with one attached hydrogen (secondary N) is 2. The van der Waals surface area contributed by atoms with Gasteiger partial charge in [-0.05, 0) is 12.1 Å². The third-order valence-electron chi connectivity index (χ3n) is 7.94. The van der Waals surface area contributed by atoms with E-state index in [1.807, 2.05) is 24.3 Å². The van der Waals surface area contributed by atoms with Crippen LogP contribution in [0.15, 0.2) is 36.7 Å². The van der Waals surface area contributed by atoms with Gasteiger partial charge < -0.3 is 19.8 Å². The summed E-state index contributed by atoms with van der Waals surface area (Å²) in [5.74, 6) is 1.13. The van der Waals surface area contributed by atoms with Gasteiger partial charge in [0.2, 0.25) is 0 Å². The standard InChI is InChI=1S/C24H26F3N5O2/c1-22-9-32(10-23(22,2)12-33-11-22)16-8-34-17-6-4-3-5-14(17)19(16)31-21-15-7-18(24(25,26)27)30-20(15)28-13-29-21/h3-7,13,16,19H,8-12H2,1-2H3,(H2,28,29,30,31). The lowest BCUT2D eigenvalue weighted by Gasteiger charge is -2.40.